The van der Waals surface area contributed by atoms with E-state index in [0.29, 0.717) is 5.95 Å². The van der Waals surface area contributed by atoms with E-state index in [-0.39, 0.29) is 0 Å². The molecule has 5 nitrogen and oxygen atoms in total. The fourth-order valence-corrected chi connectivity index (χ4v) is 3.50. The molecule has 0 saturated carbocycles. The third-order valence-electron chi connectivity index (χ3n) is 4.85. The number of H-pyrrole nitrogens is 1. The second-order valence-electron chi connectivity index (χ2n) is 6.66. The molecule has 2 heterocycles. The predicted octanol–water partition coefficient (Wildman–Crippen LogP) is 4.48. The maximum absolute atomic E-state index is 4.28. The maximum Gasteiger partial charge on any atom is 0.484 e. The van der Waals surface area contributed by atoms with Gasteiger partial charge in [0.1, 0.15) is 11.4 Å². The fourth-order valence-electron chi connectivity index (χ4n) is 3.50. The summed E-state index contributed by atoms with van der Waals surface area (Å²) in [7, 11) is 0. The number of aromatic amines is 1. The highest BCUT2D eigenvalue weighted by Crippen LogP contribution is 2.29. The fraction of sp³-hybridized carbons (Fsp3) is 0. The lowest BCUT2D eigenvalue weighted by Crippen LogP contribution is -2.38. The highest BCUT2D eigenvalue weighted by atomic mass is 15.5. The van der Waals surface area contributed by atoms with Crippen molar-refractivity contribution in [3.63, 3.8) is 0 Å². The van der Waals surface area contributed by atoms with Crippen molar-refractivity contribution >= 4 is 0 Å². The van der Waals surface area contributed by atoms with Gasteiger partial charge in [-0.1, -0.05) is 96.2 Å². The Kier molecular flexibility index (Phi) is 4.39. The molecule has 0 aliphatic heterocycles. The topological polar surface area (TPSA) is 58.3 Å². The Labute approximate surface area is 168 Å². The van der Waals surface area contributed by atoms with Gasteiger partial charge in [0.2, 0.25) is 0 Å². The molecule has 0 amide bonds. The van der Waals surface area contributed by atoms with Crippen LogP contribution in [0, 0.1) is 0 Å². The normalized spacial score (nSPS) is 10.8. The molecule has 2 aromatic heterocycles. The zero-order valence-corrected chi connectivity index (χ0v) is 15.6. The summed E-state index contributed by atoms with van der Waals surface area (Å²) in [6, 6.07) is 35.3. The van der Waals surface area contributed by atoms with Crippen LogP contribution in [0.2, 0.25) is 0 Å². The van der Waals surface area contributed by atoms with Crippen molar-refractivity contribution in [1.82, 2.24) is 20.6 Å². The van der Waals surface area contributed by atoms with E-state index in [0.717, 1.165) is 33.6 Å². The van der Waals surface area contributed by atoms with E-state index in [1.807, 2.05) is 47.0 Å². The van der Waals surface area contributed by atoms with Gasteiger partial charge in [0.05, 0.1) is 5.10 Å². The van der Waals surface area contributed by atoms with Gasteiger partial charge in [0.25, 0.3) is 0 Å². The van der Waals surface area contributed by atoms with Crippen LogP contribution < -0.4 is 4.57 Å². The molecule has 3 aromatic carbocycles. The first kappa shape index (κ1) is 17.0. The highest BCUT2D eigenvalue weighted by molar-refractivity contribution is 5.74. The van der Waals surface area contributed by atoms with Crippen molar-refractivity contribution in [3.05, 3.63) is 103 Å². The first-order valence-corrected chi connectivity index (χ1v) is 9.40. The van der Waals surface area contributed by atoms with Gasteiger partial charge in [-0.05, 0) is 23.3 Å². The van der Waals surface area contributed by atoms with E-state index in [1.165, 1.54) is 0 Å². The number of rotatable bonds is 4. The van der Waals surface area contributed by atoms with Gasteiger partial charge < -0.3 is 0 Å². The van der Waals surface area contributed by atoms with E-state index in [2.05, 4.69) is 81.3 Å². The Hall–Kier alpha value is -4.12. The molecular formula is C24H18N5+. The predicted molar refractivity (Wildman–Crippen MR) is 112 cm³/mol. The number of hydrogen-bond donors (Lipinski definition) is 1. The van der Waals surface area contributed by atoms with Gasteiger partial charge in [-0.2, -0.15) is 4.57 Å². The van der Waals surface area contributed by atoms with Gasteiger partial charge >= 0.3 is 5.95 Å². The van der Waals surface area contributed by atoms with Crippen LogP contribution in [0.3, 0.4) is 0 Å². The summed E-state index contributed by atoms with van der Waals surface area (Å²) >= 11 is 0. The van der Waals surface area contributed by atoms with Crippen molar-refractivity contribution in [2.24, 2.45) is 0 Å². The van der Waals surface area contributed by atoms with Crippen LogP contribution in [0.4, 0.5) is 0 Å². The lowest BCUT2D eigenvalue weighted by molar-refractivity contribution is -0.580. The molecular weight excluding hydrogens is 358 g/mol. The van der Waals surface area contributed by atoms with Crippen LogP contribution in [-0.4, -0.2) is 20.6 Å². The van der Waals surface area contributed by atoms with Crippen molar-refractivity contribution in [2.75, 3.05) is 0 Å². The molecule has 5 aromatic rings. The molecule has 138 valence electrons. The molecule has 0 atom stereocenters. The van der Waals surface area contributed by atoms with Crippen LogP contribution in [0.5, 0.6) is 0 Å². The van der Waals surface area contributed by atoms with Crippen LogP contribution in [0.25, 0.3) is 39.6 Å². The third-order valence-corrected chi connectivity index (χ3v) is 4.85. The van der Waals surface area contributed by atoms with E-state index >= 15 is 0 Å². The van der Waals surface area contributed by atoms with Crippen LogP contribution in [0.15, 0.2) is 103 Å². The number of aromatic nitrogens is 5. The van der Waals surface area contributed by atoms with E-state index in [9.17, 15) is 0 Å². The molecule has 0 aliphatic rings. The number of tetrazole rings is 1. The van der Waals surface area contributed by atoms with Gasteiger partial charge in [-0.15, -0.1) is 0 Å². The second kappa shape index (κ2) is 7.48. The molecule has 0 unspecified atom stereocenters. The van der Waals surface area contributed by atoms with E-state index in [1.54, 1.807) is 0 Å². The van der Waals surface area contributed by atoms with Gasteiger partial charge in [-0.3, -0.25) is 0 Å². The molecule has 0 bridgehead atoms. The first-order chi connectivity index (χ1) is 14.4. The molecule has 5 heteroatoms. The molecule has 1 N–H and O–H groups in total. The molecule has 0 radical (unpaired) electrons. The largest absolute Gasteiger partial charge is 0.484 e. The monoisotopic (exact) mass is 376 g/mol. The lowest BCUT2D eigenvalue weighted by atomic mass is 9.99. The summed E-state index contributed by atoms with van der Waals surface area (Å²) in [4.78, 5) is 0. The van der Waals surface area contributed by atoms with Crippen molar-refractivity contribution in [1.29, 1.82) is 0 Å². The minimum absolute atomic E-state index is 0.502. The summed E-state index contributed by atoms with van der Waals surface area (Å²) in [6.45, 7) is 0. The smallest absolute Gasteiger partial charge is 0.188 e. The van der Waals surface area contributed by atoms with E-state index in [4.69, 9.17) is 0 Å². The Bertz CT molecular complexity index is 1160. The summed E-state index contributed by atoms with van der Waals surface area (Å²) in [5, 5.41) is 14.9. The summed E-state index contributed by atoms with van der Waals surface area (Å²) in [5.74, 6) is 0.502. The number of benzene rings is 3. The molecule has 0 saturated heterocycles. The number of nitrogens with one attached hydrogen (secondary N) is 1. The van der Waals surface area contributed by atoms with Crippen molar-refractivity contribution in [2.45, 2.75) is 0 Å². The first-order valence-electron chi connectivity index (χ1n) is 9.40. The van der Waals surface area contributed by atoms with Crippen LogP contribution in [0.1, 0.15) is 0 Å². The Morgan fingerprint density at radius 2 is 1.03 bits per heavy atom. The Morgan fingerprint density at radius 1 is 0.552 bits per heavy atom. The van der Waals surface area contributed by atoms with Crippen molar-refractivity contribution < 1.29 is 4.57 Å². The van der Waals surface area contributed by atoms with Crippen molar-refractivity contribution in [3.8, 4) is 39.6 Å². The van der Waals surface area contributed by atoms with Crippen LogP contribution in [-0.2, 0) is 0 Å². The minimum Gasteiger partial charge on any atom is -0.188 e. The number of hydrogen-bond acceptors (Lipinski definition) is 3. The lowest BCUT2D eigenvalue weighted by Gasteiger charge is -2.14. The molecule has 5 rings (SSSR count). The Balaban J connectivity index is 1.87. The zero-order valence-electron chi connectivity index (χ0n) is 15.6. The third kappa shape index (κ3) is 3.30. The zero-order chi connectivity index (χ0) is 19.5. The Morgan fingerprint density at radius 3 is 1.48 bits per heavy atom. The van der Waals surface area contributed by atoms with E-state index < -0.39 is 0 Å². The SMILES string of the molecule is c1ccc(-c2cc(-c3ccccc3)[n+](-c3nn[nH]n3)c(-c3ccccc3)c2)cc1. The molecule has 0 spiro atoms. The highest BCUT2D eigenvalue weighted by Gasteiger charge is 2.24. The average molecular weight is 376 g/mol. The quantitative estimate of drug-likeness (QED) is 0.471. The summed E-state index contributed by atoms with van der Waals surface area (Å²) in [5.41, 5.74) is 6.42. The molecule has 29 heavy (non-hydrogen) atoms. The number of nitrogens with zero attached hydrogens (tertiary/aromatic N) is 4. The van der Waals surface area contributed by atoms with Gasteiger partial charge in [0.15, 0.2) is 0 Å². The van der Waals surface area contributed by atoms with Gasteiger partial charge in [0, 0.05) is 21.4 Å². The number of pyridine rings is 1. The summed E-state index contributed by atoms with van der Waals surface area (Å²) < 4.78 is 2.04. The minimum atomic E-state index is 0.502. The second-order valence-corrected chi connectivity index (χ2v) is 6.66. The standard InChI is InChI=1S/C24H18N5/c1-4-10-18(11-5-1)21-16-22(19-12-6-2-7-13-19)29(24-25-27-28-26-24)23(17-21)20-14-8-3-9-15-20/h1-17H,(H,25,26,27,28)/q+1. The maximum atomic E-state index is 4.28. The average Bonchev–Trinajstić information content (AvgIpc) is 3.34. The molecule has 0 fully saturated rings. The van der Waals surface area contributed by atoms with Gasteiger partial charge in [-0.25, -0.2) is 0 Å². The summed E-state index contributed by atoms with van der Waals surface area (Å²) in [6.07, 6.45) is 0. The molecule has 0 aliphatic carbocycles. The van der Waals surface area contributed by atoms with Crippen LogP contribution >= 0.6 is 0 Å².